The van der Waals surface area contributed by atoms with Gasteiger partial charge >= 0.3 is 6.03 Å². The van der Waals surface area contributed by atoms with Gasteiger partial charge in [-0.2, -0.15) is 0 Å². The molecule has 0 unspecified atom stereocenters. The minimum Gasteiger partial charge on any atom is -0.335 e. The van der Waals surface area contributed by atoms with E-state index in [2.05, 4.69) is 5.32 Å². The summed E-state index contributed by atoms with van der Waals surface area (Å²) in [5.74, 6) is -0.286. The van der Waals surface area contributed by atoms with Crippen LogP contribution in [0.2, 0.25) is 0 Å². The Morgan fingerprint density at radius 1 is 1.20 bits per heavy atom. The lowest BCUT2D eigenvalue weighted by atomic mass is 10.3. The van der Waals surface area contributed by atoms with Gasteiger partial charge in [0.15, 0.2) is 0 Å². The number of allylic oxidation sites excluding steroid dienone is 1. The Balaban J connectivity index is 4.66. The molecule has 15 heavy (non-hydrogen) atoms. The largest absolute Gasteiger partial charge is 0.335 e. The molecule has 0 heterocycles. The third-order valence-electron chi connectivity index (χ3n) is 1.69. The SMILES string of the molecule is C/C=C/C(=O)N(C(=O)NC(C)C)C(C)C. The van der Waals surface area contributed by atoms with Crippen molar-refractivity contribution in [2.75, 3.05) is 0 Å². The molecule has 0 aromatic rings. The van der Waals surface area contributed by atoms with Crippen LogP contribution in [0.15, 0.2) is 12.2 Å². The van der Waals surface area contributed by atoms with Gasteiger partial charge in [-0.1, -0.05) is 6.08 Å². The molecule has 0 aliphatic heterocycles. The van der Waals surface area contributed by atoms with E-state index in [0.717, 1.165) is 0 Å². The van der Waals surface area contributed by atoms with Crippen molar-refractivity contribution in [2.24, 2.45) is 0 Å². The Kier molecular flexibility index (Phi) is 5.67. The van der Waals surface area contributed by atoms with Crippen molar-refractivity contribution in [2.45, 2.75) is 46.7 Å². The Hall–Kier alpha value is -1.32. The Labute approximate surface area is 91.3 Å². The van der Waals surface area contributed by atoms with E-state index in [0.29, 0.717) is 0 Å². The van der Waals surface area contributed by atoms with E-state index in [1.165, 1.54) is 11.0 Å². The molecule has 0 rings (SSSR count). The number of hydrogen-bond donors (Lipinski definition) is 1. The number of urea groups is 1. The monoisotopic (exact) mass is 212 g/mol. The lowest BCUT2D eigenvalue weighted by Crippen LogP contribution is -2.48. The summed E-state index contributed by atoms with van der Waals surface area (Å²) in [5.41, 5.74) is 0. The number of carbonyl (C=O) groups excluding carboxylic acids is 2. The summed E-state index contributed by atoms with van der Waals surface area (Å²) >= 11 is 0. The zero-order valence-electron chi connectivity index (χ0n) is 10.1. The number of nitrogens with one attached hydrogen (secondary N) is 1. The number of hydrogen-bond acceptors (Lipinski definition) is 2. The van der Waals surface area contributed by atoms with Crippen LogP contribution in [-0.4, -0.2) is 28.9 Å². The molecule has 0 spiro atoms. The molecule has 0 aromatic heterocycles. The Bertz CT molecular complexity index is 257. The zero-order chi connectivity index (χ0) is 12.0. The lowest BCUT2D eigenvalue weighted by molar-refractivity contribution is -0.124. The van der Waals surface area contributed by atoms with E-state index in [1.807, 2.05) is 13.8 Å². The first-order valence-electron chi connectivity index (χ1n) is 5.16. The van der Waals surface area contributed by atoms with Gasteiger partial charge in [-0.25, -0.2) is 4.79 Å². The number of imide groups is 1. The van der Waals surface area contributed by atoms with Gasteiger partial charge in [0.25, 0.3) is 5.91 Å². The summed E-state index contributed by atoms with van der Waals surface area (Å²) in [6.07, 6.45) is 3.01. The predicted octanol–water partition coefficient (Wildman–Crippen LogP) is 1.92. The van der Waals surface area contributed by atoms with Crippen molar-refractivity contribution in [1.29, 1.82) is 0 Å². The highest BCUT2D eigenvalue weighted by molar-refractivity contribution is 6.00. The minimum absolute atomic E-state index is 0.0251. The maximum Gasteiger partial charge on any atom is 0.324 e. The Morgan fingerprint density at radius 2 is 1.73 bits per heavy atom. The average molecular weight is 212 g/mol. The van der Waals surface area contributed by atoms with E-state index in [-0.39, 0.29) is 24.0 Å². The summed E-state index contributed by atoms with van der Waals surface area (Å²) in [5, 5.41) is 2.70. The van der Waals surface area contributed by atoms with Crippen LogP contribution in [0, 0.1) is 0 Å². The van der Waals surface area contributed by atoms with Gasteiger partial charge in [0, 0.05) is 12.1 Å². The summed E-state index contributed by atoms with van der Waals surface area (Å²) in [6, 6.07) is -0.465. The molecule has 4 heteroatoms. The first-order valence-corrected chi connectivity index (χ1v) is 5.16. The van der Waals surface area contributed by atoms with Gasteiger partial charge in [-0.3, -0.25) is 9.69 Å². The number of carbonyl (C=O) groups is 2. The third kappa shape index (κ3) is 4.63. The van der Waals surface area contributed by atoms with Gasteiger partial charge in [0.2, 0.25) is 0 Å². The van der Waals surface area contributed by atoms with E-state index in [9.17, 15) is 9.59 Å². The topological polar surface area (TPSA) is 49.4 Å². The number of amides is 3. The highest BCUT2D eigenvalue weighted by Crippen LogP contribution is 2.01. The van der Waals surface area contributed by atoms with Crippen LogP contribution in [0.1, 0.15) is 34.6 Å². The molecule has 0 atom stereocenters. The molecule has 0 bridgehead atoms. The van der Waals surface area contributed by atoms with Crippen molar-refractivity contribution in [3.8, 4) is 0 Å². The maximum atomic E-state index is 11.7. The molecule has 0 saturated carbocycles. The van der Waals surface area contributed by atoms with Crippen molar-refractivity contribution in [1.82, 2.24) is 10.2 Å². The molecule has 0 radical (unpaired) electrons. The fourth-order valence-corrected chi connectivity index (χ4v) is 1.13. The summed E-state index contributed by atoms with van der Waals surface area (Å²) in [4.78, 5) is 24.5. The molecule has 0 aromatic carbocycles. The molecule has 0 aliphatic rings. The smallest absolute Gasteiger partial charge is 0.324 e. The van der Waals surface area contributed by atoms with E-state index < -0.39 is 0 Å². The van der Waals surface area contributed by atoms with Crippen LogP contribution in [0.5, 0.6) is 0 Å². The Morgan fingerprint density at radius 3 is 2.07 bits per heavy atom. The molecule has 0 aliphatic carbocycles. The van der Waals surface area contributed by atoms with Crippen LogP contribution >= 0.6 is 0 Å². The molecule has 3 amide bonds. The van der Waals surface area contributed by atoms with Gasteiger partial charge in [0.1, 0.15) is 0 Å². The van der Waals surface area contributed by atoms with Gasteiger partial charge in [-0.15, -0.1) is 0 Å². The van der Waals surface area contributed by atoms with Gasteiger partial charge < -0.3 is 5.32 Å². The first-order chi connectivity index (χ1) is 6.90. The molecular formula is C11H20N2O2. The quantitative estimate of drug-likeness (QED) is 0.726. The summed E-state index contributed by atoms with van der Waals surface area (Å²) < 4.78 is 0. The predicted molar refractivity (Wildman–Crippen MR) is 60.5 cm³/mol. The molecule has 86 valence electrons. The molecule has 1 N–H and O–H groups in total. The molecule has 0 fully saturated rings. The standard InChI is InChI=1S/C11H20N2O2/c1-6-7-10(14)13(9(4)5)11(15)12-8(2)3/h6-9H,1-5H3,(H,12,15)/b7-6+. The summed E-state index contributed by atoms with van der Waals surface area (Å²) in [7, 11) is 0. The number of nitrogens with zero attached hydrogens (tertiary/aromatic N) is 1. The third-order valence-corrected chi connectivity index (χ3v) is 1.69. The van der Waals surface area contributed by atoms with Crippen molar-refractivity contribution >= 4 is 11.9 Å². The van der Waals surface area contributed by atoms with Crippen molar-refractivity contribution < 1.29 is 9.59 Å². The summed E-state index contributed by atoms with van der Waals surface area (Å²) in [6.45, 7) is 9.08. The highest BCUT2D eigenvalue weighted by Gasteiger charge is 2.22. The van der Waals surface area contributed by atoms with Crippen molar-refractivity contribution in [3.05, 3.63) is 12.2 Å². The maximum absolute atomic E-state index is 11.7. The second kappa shape index (κ2) is 6.22. The van der Waals surface area contributed by atoms with Gasteiger partial charge in [0.05, 0.1) is 0 Å². The van der Waals surface area contributed by atoms with Crippen LogP contribution in [-0.2, 0) is 4.79 Å². The normalized spacial score (nSPS) is 11.1. The van der Waals surface area contributed by atoms with Gasteiger partial charge in [-0.05, 0) is 40.7 Å². The van der Waals surface area contributed by atoms with E-state index in [4.69, 9.17) is 0 Å². The lowest BCUT2D eigenvalue weighted by Gasteiger charge is -2.24. The van der Waals surface area contributed by atoms with Crippen LogP contribution in [0.25, 0.3) is 0 Å². The molecular weight excluding hydrogens is 192 g/mol. The molecule has 0 saturated heterocycles. The van der Waals surface area contributed by atoms with E-state index >= 15 is 0 Å². The minimum atomic E-state index is -0.344. The number of rotatable bonds is 3. The van der Waals surface area contributed by atoms with E-state index in [1.54, 1.807) is 26.8 Å². The zero-order valence-corrected chi connectivity index (χ0v) is 10.1. The second-order valence-corrected chi connectivity index (χ2v) is 3.91. The van der Waals surface area contributed by atoms with Crippen LogP contribution in [0.4, 0.5) is 4.79 Å². The van der Waals surface area contributed by atoms with Crippen LogP contribution < -0.4 is 5.32 Å². The molecule has 4 nitrogen and oxygen atoms in total. The average Bonchev–Trinajstić information content (AvgIpc) is 2.01. The second-order valence-electron chi connectivity index (χ2n) is 3.91. The fourth-order valence-electron chi connectivity index (χ4n) is 1.13. The highest BCUT2D eigenvalue weighted by atomic mass is 16.2. The van der Waals surface area contributed by atoms with Crippen LogP contribution in [0.3, 0.4) is 0 Å². The first kappa shape index (κ1) is 13.7. The fraction of sp³-hybridized carbons (Fsp3) is 0.636. The van der Waals surface area contributed by atoms with Crippen molar-refractivity contribution in [3.63, 3.8) is 0 Å².